The van der Waals surface area contributed by atoms with E-state index >= 15 is 0 Å². The molecule has 2 bridgehead atoms. The highest BCUT2D eigenvalue weighted by molar-refractivity contribution is 5.20. The van der Waals surface area contributed by atoms with Gasteiger partial charge in [0.2, 0.25) is 0 Å². The van der Waals surface area contributed by atoms with Crippen LogP contribution in [0.4, 0.5) is 0 Å². The van der Waals surface area contributed by atoms with Crippen LogP contribution >= 0.6 is 0 Å². The number of rotatable bonds is 0. The molecule has 0 aliphatic heterocycles. The summed E-state index contributed by atoms with van der Waals surface area (Å²) in [7, 11) is 0. The molecule has 0 aromatic rings. The van der Waals surface area contributed by atoms with Crippen LogP contribution in [0.15, 0.2) is 11.6 Å². The Balaban J connectivity index is 2.23. The van der Waals surface area contributed by atoms with Gasteiger partial charge < -0.3 is 0 Å². The van der Waals surface area contributed by atoms with Gasteiger partial charge in [0.1, 0.15) is 0 Å². The zero-order chi connectivity index (χ0) is 8.06. The van der Waals surface area contributed by atoms with Gasteiger partial charge >= 0.3 is 0 Å². The molecular formula is C11H18. The molecule has 3 aliphatic rings. The predicted octanol–water partition coefficient (Wildman–Crippen LogP) is 3.39. The summed E-state index contributed by atoms with van der Waals surface area (Å²) in [6.07, 6.45) is 6.66. The van der Waals surface area contributed by atoms with E-state index in [0.29, 0.717) is 5.41 Å². The molecule has 2 unspecified atom stereocenters. The van der Waals surface area contributed by atoms with Gasteiger partial charge in [0.05, 0.1) is 0 Å². The first-order chi connectivity index (χ1) is 5.16. The molecule has 3 fully saturated rings. The SMILES string of the molecule is CC=C1CCC2CC1C2(C)C. The second-order valence-corrected chi connectivity index (χ2v) is 4.71. The highest BCUT2D eigenvalue weighted by atomic mass is 14.6. The Kier molecular flexibility index (Phi) is 1.42. The fourth-order valence-electron chi connectivity index (χ4n) is 3.00. The van der Waals surface area contributed by atoms with Crippen LogP contribution in [0, 0.1) is 17.3 Å². The molecule has 0 saturated heterocycles. The summed E-state index contributed by atoms with van der Waals surface area (Å²) in [6.45, 7) is 7.08. The van der Waals surface area contributed by atoms with Gasteiger partial charge in [-0.15, -0.1) is 0 Å². The lowest BCUT2D eigenvalue weighted by molar-refractivity contribution is -0.0278. The monoisotopic (exact) mass is 150 g/mol. The molecule has 62 valence electrons. The van der Waals surface area contributed by atoms with E-state index in [1.54, 1.807) is 5.57 Å². The minimum atomic E-state index is 0.639. The van der Waals surface area contributed by atoms with Crippen LogP contribution in [0.25, 0.3) is 0 Å². The van der Waals surface area contributed by atoms with Gasteiger partial charge in [-0.05, 0) is 43.4 Å². The molecule has 0 aromatic carbocycles. The molecule has 3 rings (SSSR count). The van der Waals surface area contributed by atoms with Crippen LogP contribution in [0.2, 0.25) is 0 Å². The number of fused-ring (bicyclic) bond motifs is 2. The maximum Gasteiger partial charge on any atom is -0.0146 e. The van der Waals surface area contributed by atoms with Gasteiger partial charge in [-0.3, -0.25) is 0 Å². The summed E-state index contributed by atoms with van der Waals surface area (Å²) in [6, 6.07) is 0. The summed E-state index contributed by atoms with van der Waals surface area (Å²) in [4.78, 5) is 0. The van der Waals surface area contributed by atoms with Gasteiger partial charge in [-0.25, -0.2) is 0 Å². The molecule has 3 aliphatic carbocycles. The fourth-order valence-corrected chi connectivity index (χ4v) is 3.00. The molecule has 0 heteroatoms. The van der Waals surface area contributed by atoms with E-state index in [-0.39, 0.29) is 0 Å². The lowest BCUT2D eigenvalue weighted by Gasteiger charge is -2.57. The lowest BCUT2D eigenvalue weighted by Crippen LogP contribution is -2.49. The van der Waals surface area contributed by atoms with Crippen molar-refractivity contribution in [1.82, 2.24) is 0 Å². The van der Waals surface area contributed by atoms with E-state index in [1.165, 1.54) is 19.3 Å². The Labute approximate surface area is 69.7 Å². The average Bonchev–Trinajstić information content (AvgIpc) is 2.04. The highest BCUT2D eigenvalue weighted by Crippen LogP contribution is 2.60. The predicted molar refractivity (Wildman–Crippen MR) is 48.4 cm³/mol. The second-order valence-electron chi connectivity index (χ2n) is 4.71. The van der Waals surface area contributed by atoms with Gasteiger partial charge in [0, 0.05) is 0 Å². The molecule has 11 heavy (non-hydrogen) atoms. The normalized spacial score (nSPS) is 43.7. The molecule has 2 atom stereocenters. The third-order valence-electron chi connectivity index (χ3n) is 4.07. The van der Waals surface area contributed by atoms with Crippen molar-refractivity contribution in [1.29, 1.82) is 0 Å². The largest absolute Gasteiger partial charge is 0.0882 e. The number of allylic oxidation sites excluding steroid dienone is 2. The smallest absolute Gasteiger partial charge is 0.0146 e. The first-order valence-corrected chi connectivity index (χ1v) is 4.81. The van der Waals surface area contributed by atoms with Gasteiger partial charge in [0.15, 0.2) is 0 Å². The average molecular weight is 150 g/mol. The van der Waals surface area contributed by atoms with E-state index < -0.39 is 0 Å². The maximum atomic E-state index is 2.44. The van der Waals surface area contributed by atoms with Crippen molar-refractivity contribution in [3.63, 3.8) is 0 Å². The van der Waals surface area contributed by atoms with Crippen molar-refractivity contribution in [3.05, 3.63) is 11.6 Å². The van der Waals surface area contributed by atoms with Crippen molar-refractivity contribution in [2.45, 2.75) is 40.0 Å². The maximum absolute atomic E-state index is 2.44. The molecule has 0 radical (unpaired) electrons. The Bertz CT molecular complexity index is 196. The first-order valence-electron chi connectivity index (χ1n) is 4.81. The third-order valence-corrected chi connectivity index (χ3v) is 4.07. The zero-order valence-corrected chi connectivity index (χ0v) is 7.85. The molecule has 0 spiro atoms. The van der Waals surface area contributed by atoms with Crippen molar-refractivity contribution in [3.8, 4) is 0 Å². The summed E-state index contributed by atoms with van der Waals surface area (Å²) >= 11 is 0. The Hall–Kier alpha value is -0.260. The van der Waals surface area contributed by atoms with Gasteiger partial charge in [0.25, 0.3) is 0 Å². The van der Waals surface area contributed by atoms with Crippen molar-refractivity contribution < 1.29 is 0 Å². The minimum Gasteiger partial charge on any atom is -0.0882 e. The van der Waals surface area contributed by atoms with E-state index in [9.17, 15) is 0 Å². The van der Waals surface area contributed by atoms with Crippen LogP contribution < -0.4 is 0 Å². The molecule has 0 heterocycles. The topological polar surface area (TPSA) is 0 Å². The fraction of sp³-hybridized carbons (Fsp3) is 0.818. The van der Waals surface area contributed by atoms with Crippen LogP contribution in [0.1, 0.15) is 40.0 Å². The van der Waals surface area contributed by atoms with Crippen LogP contribution in [0.5, 0.6) is 0 Å². The summed E-state index contributed by atoms with van der Waals surface area (Å²) in [5.41, 5.74) is 2.37. The zero-order valence-electron chi connectivity index (χ0n) is 7.85. The Morgan fingerprint density at radius 1 is 1.45 bits per heavy atom. The van der Waals surface area contributed by atoms with E-state index in [1.807, 2.05) is 0 Å². The molecule has 0 aromatic heterocycles. The molecular weight excluding hydrogens is 132 g/mol. The van der Waals surface area contributed by atoms with Crippen molar-refractivity contribution >= 4 is 0 Å². The quantitative estimate of drug-likeness (QED) is 0.464. The third kappa shape index (κ3) is 0.816. The van der Waals surface area contributed by atoms with E-state index in [4.69, 9.17) is 0 Å². The molecule has 0 N–H and O–H groups in total. The van der Waals surface area contributed by atoms with Crippen LogP contribution in [-0.4, -0.2) is 0 Å². The summed E-state index contributed by atoms with van der Waals surface area (Å²) in [5, 5.41) is 0. The minimum absolute atomic E-state index is 0.639. The highest BCUT2D eigenvalue weighted by Gasteiger charge is 2.51. The number of hydrogen-bond donors (Lipinski definition) is 0. The molecule has 0 nitrogen and oxygen atoms in total. The number of hydrogen-bond acceptors (Lipinski definition) is 0. The van der Waals surface area contributed by atoms with Crippen molar-refractivity contribution in [2.75, 3.05) is 0 Å². The van der Waals surface area contributed by atoms with E-state index in [2.05, 4.69) is 26.8 Å². The van der Waals surface area contributed by atoms with Crippen molar-refractivity contribution in [2.24, 2.45) is 17.3 Å². The molecule has 0 amide bonds. The van der Waals surface area contributed by atoms with Gasteiger partial charge in [-0.1, -0.05) is 25.5 Å². The Morgan fingerprint density at radius 2 is 2.18 bits per heavy atom. The summed E-state index contributed by atoms with van der Waals surface area (Å²) in [5.74, 6) is 1.97. The first kappa shape index (κ1) is 7.39. The Morgan fingerprint density at radius 3 is 2.55 bits per heavy atom. The second kappa shape index (κ2) is 2.12. The van der Waals surface area contributed by atoms with E-state index in [0.717, 1.165) is 11.8 Å². The van der Waals surface area contributed by atoms with Gasteiger partial charge in [-0.2, -0.15) is 0 Å². The van der Waals surface area contributed by atoms with Crippen LogP contribution in [-0.2, 0) is 0 Å². The lowest BCUT2D eigenvalue weighted by atomic mass is 9.47. The summed E-state index contributed by atoms with van der Waals surface area (Å²) < 4.78 is 0. The molecule has 3 saturated carbocycles. The standard InChI is InChI=1S/C11H18/c1-4-8-5-6-9-7-10(8)11(9,2)3/h4,9-10H,5-7H2,1-3H3. The van der Waals surface area contributed by atoms with Crippen LogP contribution in [0.3, 0.4) is 0 Å².